The molecule has 0 bridgehead atoms. The number of amides is 1. The highest BCUT2D eigenvalue weighted by atomic mass is 32.2. The quantitative estimate of drug-likeness (QED) is 0.353. The van der Waals surface area contributed by atoms with Crippen LogP contribution in [0.25, 0.3) is 17.3 Å². The second-order valence-corrected chi connectivity index (χ2v) is 11.5. The van der Waals surface area contributed by atoms with E-state index in [0.29, 0.717) is 48.2 Å². The Bertz CT molecular complexity index is 1380. The lowest BCUT2D eigenvalue weighted by molar-refractivity contribution is -0.136. The van der Waals surface area contributed by atoms with Gasteiger partial charge in [0.1, 0.15) is 22.9 Å². The van der Waals surface area contributed by atoms with Crippen molar-refractivity contribution in [3.05, 3.63) is 36.1 Å². The summed E-state index contributed by atoms with van der Waals surface area (Å²) in [5.74, 6) is 1.97. The fourth-order valence-electron chi connectivity index (χ4n) is 4.73. The van der Waals surface area contributed by atoms with Crippen LogP contribution in [0.1, 0.15) is 38.4 Å². The summed E-state index contributed by atoms with van der Waals surface area (Å²) in [7, 11) is 0.586. The number of hydrogen-bond acceptors (Lipinski definition) is 9. The number of methoxy groups -OCH3 is 3. The number of carbonyl (C=O) groups excluding carboxylic acids is 1. The molecule has 0 spiro atoms. The van der Waals surface area contributed by atoms with Gasteiger partial charge in [-0.15, -0.1) is 10.2 Å². The molecule has 1 N–H and O–H groups in total. The van der Waals surface area contributed by atoms with E-state index in [0.717, 1.165) is 12.8 Å². The second-order valence-electron chi connectivity index (χ2n) is 9.44. The van der Waals surface area contributed by atoms with Crippen LogP contribution in [0.2, 0.25) is 0 Å². The van der Waals surface area contributed by atoms with Crippen LogP contribution in [0.15, 0.2) is 34.7 Å². The average molecular weight is 562 g/mol. The Hall–Kier alpha value is -3.58. The van der Waals surface area contributed by atoms with Crippen LogP contribution in [0.4, 0.5) is 5.95 Å². The van der Waals surface area contributed by atoms with Crippen molar-refractivity contribution in [1.29, 1.82) is 0 Å². The molecule has 1 aliphatic heterocycles. The van der Waals surface area contributed by atoms with Crippen LogP contribution in [0.3, 0.4) is 0 Å². The molecule has 1 saturated heterocycles. The first-order chi connectivity index (χ1) is 18.7. The molecule has 1 aliphatic rings. The molecule has 0 unspecified atom stereocenters. The maximum absolute atomic E-state index is 13.6. The van der Waals surface area contributed by atoms with Crippen molar-refractivity contribution in [2.24, 2.45) is 0 Å². The van der Waals surface area contributed by atoms with Crippen LogP contribution < -0.4 is 14.2 Å². The van der Waals surface area contributed by atoms with Crippen molar-refractivity contribution in [1.82, 2.24) is 19.7 Å². The van der Waals surface area contributed by atoms with Gasteiger partial charge < -0.3 is 23.5 Å². The summed E-state index contributed by atoms with van der Waals surface area (Å²) < 4.78 is 53.4. The number of para-hydroxylation sites is 1. The van der Waals surface area contributed by atoms with Gasteiger partial charge in [0.15, 0.2) is 5.76 Å². The topological polar surface area (TPSA) is 138 Å². The number of aryl methyl sites for hydroxylation is 1. The van der Waals surface area contributed by atoms with Gasteiger partial charge in [-0.05, 0) is 57.4 Å². The number of ether oxygens (including phenoxy) is 3. The van der Waals surface area contributed by atoms with Gasteiger partial charge in [0, 0.05) is 32.7 Å². The molecule has 3 aromatic rings. The third-order valence-corrected chi connectivity index (χ3v) is 8.49. The maximum Gasteiger partial charge on any atom is 0.243 e. The van der Waals surface area contributed by atoms with E-state index in [1.165, 1.54) is 18.8 Å². The number of sulfonamides is 1. The van der Waals surface area contributed by atoms with E-state index >= 15 is 0 Å². The first-order valence-corrected chi connectivity index (χ1v) is 14.3. The molecule has 1 fully saturated rings. The number of carbonyl (C=O) groups is 1. The number of furan rings is 1. The van der Waals surface area contributed by atoms with E-state index in [4.69, 9.17) is 18.6 Å². The Morgan fingerprint density at radius 2 is 1.85 bits per heavy atom. The fourth-order valence-corrected chi connectivity index (χ4v) is 5.67. The summed E-state index contributed by atoms with van der Waals surface area (Å²) in [6, 6.07) is 8.62. The van der Waals surface area contributed by atoms with Gasteiger partial charge in [-0.3, -0.25) is 14.1 Å². The van der Waals surface area contributed by atoms with Crippen LogP contribution in [-0.2, 0) is 19.6 Å². The first-order valence-electron chi connectivity index (χ1n) is 12.7. The van der Waals surface area contributed by atoms with E-state index in [2.05, 4.69) is 14.9 Å². The number of anilines is 1. The summed E-state index contributed by atoms with van der Waals surface area (Å²) in [4.78, 5) is 14.4. The average Bonchev–Trinajstić information content (AvgIpc) is 3.53. The minimum absolute atomic E-state index is 0.0406. The van der Waals surface area contributed by atoms with E-state index in [1.807, 2.05) is 0 Å². The van der Waals surface area contributed by atoms with Gasteiger partial charge in [-0.2, -0.15) is 0 Å². The Kier molecular flexibility index (Phi) is 8.80. The lowest BCUT2D eigenvalue weighted by Gasteiger charge is -2.37. The molecule has 13 heteroatoms. The minimum Gasteiger partial charge on any atom is -0.494 e. The zero-order valence-electron chi connectivity index (χ0n) is 22.8. The molecule has 1 aromatic carbocycles. The summed E-state index contributed by atoms with van der Waals surface area (Å²) in [5.41, 5.74) is 0.396. The SMILES string of the molecule is COCC[C@@H]1CCCC(=O)N1C[C@H](C)S(=O)(=O)Nc1nnc(-c2ccc(C)o2)n1-c1c(OC)cccc1OC. The normalized spacial score (nSPS) is 16.8. The molecule has 0 saturated carbocycles. The van der Waals surface area contributed by atoms with Gasteiger partial charge in [-0.25, -0.2) is 8.42 Å². The smallest absolute Gasteiger partial charge is 0.243 e. The zero-order valence-corrected chi connectivity index (χ0v) is 23.7. The van der Waals surface area contributed by atoms with Crippen molar-refractivity contribution in [2.75, 3.05) is 39.2 Å². The zero-order chi connectivity index (χ0) is 28.2. The fraction of sp³-hybridized carbons (Fsp3) is 0.500. The molecule has 4 rings (SSSR count). The number of benzene rings is 1. The molecule has 2 atom stereocenters. The Labute approximate surface area is 228 Å². The predicted octanol–water partition coefficient (Wildman–Crippen LogP) is 3.40. The molecule has 39 heavy (non-hydrogen) atoms. The third kappa shape index (κ3) is 6.04. The first kappa shape index (κ1) is 28.4. The van der Waals surface area contributed by atoms with Gasteiger partial charge in [0.05, 0.1) is 19.5 Å². The highest BCUT2D eigenvalue weighted by Gasteiger charge is 2.34. The van der Waals surface area contributed by atoms with Crippen LogP contribution in [0, 0.1) is 6.92 Å². The van der Waals surface area contributed by atoms with E-state index in [9.17, 15) is 13.2 Å². The second kappa shape index (κ2) is 12.1. The maximum atomic E-state index is 13.6. The Morgan fingerprint density at radius 3 is 2.46 bits per heavy atom. The molecule has 1 amide bonds. The number of piperidine rings is 1. The summed E-state index contributed by atoms with van der Waals surface area (Å²) in [6.45, 7) is 3.89. The Balaban J connectivity index is 1.71. The molecule has 3 heterocycles. The van der Waals surface area contributed by atoms with Crippen LogP contribution >= 0.6 is 0 Å². The number of nitrogens with one attached hydrogen (secondary N) is 1. The molecular formula is C26H35N5O7S. The highest BCUT2D eigenvalue weighted by molar-refractivity contribution is 7.93. The van der Waals surface area contributed by atoms with Gasteiger partial charge >= 0.3 is 0 Å². The number of aromatic nitrogens is 3. The molecular weight excluding hydrogens is 526 g/mol. The standard InChI is InChI=1S/C26H35N5O7S/c1-17-12-13-22(38-17)25-27-28-26(31(25)24-20(36-4)9-7-10-21(24)37-5)29-39(33,34)18(2)16-30-19(14-15-35-3)8-6-11-23(30)32/h7,9-10,12-13,18-19H,6,8,11,14-16H2,1-5H3,(H,28,29)/t18-,19-/m0/s1. The lowest BCUT2D eigenvalue weighted by atomic mass is 9.99. The van der Waals surface area contributed by atoms with Crippen LogP contribution in [-0.4, -0.2) is 79.8 Å². The largest absolute Gasteiger partial charge is 0.494 e. The number of hydrogen-bond donors (Lipinski definition) is 1. The van der Waals surface area contributed by atoms with E-state index in [-0.39, 0.29) is 30.3 Å². The summed E-state index contributed by atoms with van der Waals surface area (Å²) in [6.07, 6.45) is 2.64. The van der Waals surface area contributed by atoms with Gasteiger partial charge in [0.25, 0.3) is 0 Å². The molecule has 2 aromatic heterocycles. The number of rotatable bonds is 12. The summed E-state index contributed by atoms with van der Waals surface area (Å²) >= 11 is 0. The third-order valence-electron chi connectivity index (χ3n) is 6.81. The highest BCUT2D eigenvalue weighted by Crippen LogP contribution is 2.38. The van der Waals surface area contributed by atoms with Crippen molar-refractivity contribution in [2.45, 2.75) is 50.8 Å². The van der Waals surface area contributed by atoms with Gasteiger partial charge in [-0.1, -0.05) is 6.07 Å². The monoisotopic (exact) mass is 561 g/mol. The van der Waals surface area contributed by atoms with Crippen LogP contribution in [0.5, 0.6) is 11.5 Å². The molecule has 0 radical (unpaired) electrons. The molecule has 12 nitrogen and oxygen atoms in total. The van der Waals surface area contributed by atoms with Crippen molar-refractivity contribution < 1.29 is 31.8 Å². The number of likely N-dealkylation sites (tertiary alicyclic amines) is 1. The van der Waals surface area contributed by atoms with Gasteiger partial charge in [0.2, 0.25) is 27.7 Å². The molecule has 212 valence electrons. The Morgan fingerprint density at radius 1 is 1.13 bits per heavy atom. The van der Waals surface area contributed by atoms with Crippen molar-refractivity contribution in [3.8, 4) is 28.8 Å². The summed E-state index contributed by atoms with van der Waals surface area (Å²) in [5, 5.41) is 7.47. The number of nitrogens with zero attached hydrogens (tertiary/aromatic N) is 4. The van der Waals surface area contributed by atoms with E-state index in [1.54, 1.807) is 56.2 Å². The van der Waals surface area contributed by atoms with Crippen molar-refractivity contribution in [3.63, 3.8) is 0 Å². The van der Waals surface area contributed by atoms with E-state index < -0.39 is 15.3 Å². The minimum atomic E-state index is -4.02. The van der Waals surface area contributed by atoms with Crippen molar-refractivity contribution >= 4 is 21.9 Å². The molecule has 0 aliphatic carbocycles. The lowest BCUT2D eigenvalue weighted by Crippen LogP contribution is -2.49. The predicted molar refractivity (Wildman–Crippen MR) is 145 cm³/mol.